The third kappa shape index (κ3) is 2.99. The SMILES string of the molecule is CCNCCOc1ccc2c(c1)CCCC2. The van der Waals surface area contributed by atoms with Gasteiger partial charge in [-0.2, -0.15) is 0 Å². The molecular formula is C14H21NO. The Morgan fingerprint density at radius 3 is 2.81 bits per heavy atom. The van der Waals surface area contributed by atoms with Crippen LogP contribution in [0.15, 0.2) is 18.2 Å². The lowest BCUT2D eigenvalue weighted by Crippen LogP contribution is -2.20. The summed E-state index contributed by atoms with van der Waals surface area (Å²) in [4.78, 5) is 0. The van der Waals surface area contributed by atoms with Crippen molar-refractivity contribution < 1.29 is 4.74 Å². The lowest BCUT2D eigenvalue weighted by molar-refractivity contribution is 0.315. The minimum Gasteiger partial charge on any atom is -0.492 e. The van der Waals surface area contributed by atoms with E-state index in [9.17, 15) is 0 Å². The molecule has 1 aliphatic rings. The molecule has 0 aliphatic heterocycles. The molecule has 2 heteroatoms. The number of hydrogen-bond donors (Lipinski definition) is 1. The first kappa shape index (κ1) is 11.5. The number of fused-ring (bicyclic) bond motifs is 1. The fourth-order valence-electron chi connectivity index (χ4n) is 2.22. The van der Waals surface area contributed by atoms with Gasteiger partial charge in [0.05, 0.1) is 0 Å². The largest absolute Gasteiger partial charge is 0.492 e. The zero-order valence-corrected chi connectivity index (χ0v) is 10.1. The van der Waals surface area contributed by atoms with E-state index in [4.69, 9.17) is 4.74 Å². The first-order chi connectivity index (χ1) is 7.90. The lowest BCUT2D eigenvalue weighted by Gasteiger charge is -2.16. The Morgan fingerprint density at radius 2 is 2.00 bits per heavy atom. The zero-order chi connectivity index (χ0) is 11.2. The van der Waals surface area contributed by atoms with E-state index in [1.807, 2.05) is 0 Å². The highest BCUT2D eigenvalue weighted by Gasteiger charge is 2.09. The number of rotatable bonds is 5. The van der Waals surface area contributed by atoms with Gasteiger partial charge in [0.15, 0.2) is 0 Å². The maximum atomic E-state index is 5.71. The van der Waals surface area contributed by atoms with Crippen molar-refractivity contribution in [2.45, 2.75) is 32.6 Å². The molecule has 0 saturated carbocycles. The van der Waals surface area contributed by atoms with Gasteiger partial charge in [-0.15, -0.1) is 0 Å². The summed E-state index contributed by atoms with van der Waals surface area (Å²) in [7, 11) is 0. The summed E-state index contributed by atoms with van der Waals surface area (Å²) in [6.45, 7) is 4.80. The molecule has 1 aromatic carbocycles. The highest BCUT2D eigenvalue weighted by Crippen LogP contribution is 2.25. The number of nitrogens with one attached hydrogen (secondary N) is 1. The van der Waals surface area contributed by atoms with Crippen LogP contribution in [0, 0.1) is 0 Å². The molecule has 0 unspecified atom stereocenters. The number of benzene rings is 1. The molecule has 1 aliphatic carbocycles. The van der Waals surface area contributed by atoms with Gasteiger partial charge < -0.3 is 10.1 Å². The fourth-order valence-corrected chi connectivity index (χ4v) is 2.22. The molecule has 0 amide bonds. The van der Waals surface area contributed by atoms with E-state index in [-0.39, 0.29) is 0 Å². The summed E-state index contributed by atoms with van der Waals surface area (Å²) in [5, 5.41) is 3.26. The summed E-state index contributed by atoms with van der Waals surface area (Å²) in [6, 6.07) is 6.56. The Labute approximate surface area is 98.0 Å². The average Bonchev–Trinajstić information content (AvgIpc) is 2.34. The van der Waals surface area contributed by atoms with Crippen LogP contribution in [0.1, 0.15) is 30.9 Å². The Kier molecular flexibility index (Phi) is 4.23. The Hall–Kier alpha value is -1.02. The maximum Gasteiger partial charge on any atom is 0.119 e. The second-order valence-corrected chi connectivity index (χ2v) is 4.34. The van der Waals surface area contributed by atoms with Crippen LogP contribution in [-0.2, 0) is 12.8 Å². The molecule has 0 bridgehead atoms. The van der Waals surface area contributed by atoms with Crippen LogP contribution in [0.25, 0.3) is 0 Å². The van der Waals surface area contributed by atoms with Crippen molar-refractivity contribution in [3.8, 4) is 5.75 Å². The molecule has 0 saturated heterocycles. The lowest BCUT2D eigenvalue weighted by atomic mass is 9.92. The van der Waals surface area contributed by atoms with E-state index in [0.29, 0.717) is 0 Å². The van der Waals surface area contributed by atoms with E-state index in [1.54, 1.807) is 0 Å². The predicted molar refractivity (Wildman–Crippen MR) is 67.1 cm³/mol. The molecule has 0 spiro atoms. The van der Waals surface area contributed by atoms with Gasteiger partial charge >= 0.3 is 0 Å². The second-order valence-electron chi connectivity index (χ2n) is 4.34. The van der Waals surface area contributed by atoms with Crippen molar-refractivity contribution in [2.75, 3.05) is 19.7 Å². The molecule has 1 N–H and O–H groups in total. The summed E-state index contributed by atoms with van der Waals surface area (Å²) in [6.07, 6.45) is 5.13. The Balaban J connectivity index is 1.90. The van der Waals surface area contributed by atoms with Crippen LogP contribution in [0.2, 0.25) is 0 Å². The summed E-state index contributed by atoms with van der Waals surface area (Å²) in [5.41, 5.74) is 3.01. The second kappa shape index (κ2) is 5.90. The molecule has 0 heterocycles. The van der Waals surface area contributed by atoms with Crippen molar-refractivity contribution in [2.24, 2.45) is 0 Å². The van der Waals surface area contributed by atoms with Crippen LogP contribution in [0.4, 0.5) is 0 Å². The van der Waals surface area contributed by atoms with E-state index in [2.05, 4.69) is 30.4 Å². The Morgan fingerprint density at radius 1 is 1.19 bits per heavy atom. The molecule has 88 valence electrons. The monoisotopic (exact) mass is 219 g/mol. The maximum absolute atomic E-state index is 5.71. The van der Waals surface area contributed by atoms with Crippen molar-refractivity contribution in [1.29, 1.82) is 0 Å². The number of aryl methyl sites for hydroxylation is 2. The molecule has 0 radical (unpaired) electrons. The van der Waals surface area contributed by atoms with E-state index in [0.717, 1.165) is 25.4 Å². The van der Waals surface area contributed by atoms with Crippen LogP contribution in [-0.4, -0.2) is 19.7 Å². The minimum absolute atomic E-state index is 0.757. The van der Waals surface area contributed by atoms with Crippen molar-refractivity contribution in [3.63, 3.8) is 0 Å². The van der Waals surface area contributed by atoms with Crippen LogP contribution in [0.5, 0.6) is 5.75 Å². The number of hydrogen-bond acceptors (Lipinski definition) is 2. The van der Waals surface area contributed by atoms with Gasteiger partial charge in [-0.1, -0.05) is 13.0 Å². The van der Waals surface area contributed by atoms with E-state index in [1.165, 1.54) is 36.8 Å². The standard InChI is InChI=1S/C14H21NO/c1-2-15-9-10-16-14-8-7-12-5-3-4-6-13(12)11-14/h7-8,11,15H,2-6,9-10H2,1H3. The first-order valence-corrected chi connectivity index (χ1v) is 6.35. The van der Waals surface area contributed by atoms with E-state index >= 15 is 0 Å². The molecule has 2 rings (SSSR count). The fraction of sp³-hybridized carbons (Fsp3) is 0.571. The third-order valence-electron chi connectivity index (χ3n) is 3.12. The van der Waals surface area contributed by atoms with Crippen molar-refractivity contribution in [3.05, 3.63) is 29.3 Å². The first-order valence-electron chi connectivity index (χ1n) is 6.35. The smallest absolute Gasteiger partial charge is 0.119 e. The molecular weight excluding hydrogens is 198 g/mol. The van der Waals surface area contributed by atoms with Gasteiger partial charge in [0.25, 0.3) is 0 Å². The molecule has 0 atom stereocenters. The van der Waals surface area contributed by atoms with Gasteiger partial charge in [-0.3, -0.25) is 0 Å². The Bertz CT molecular complexity index is 336. The van der Waals surface area contributed by atoms with Gasteiger partial charge in [-0.25, -0.2) is 0 Å². The van der Waals surface area contributed by atoms with Gasteiger partial charge in [0.1, 0.15) is 12.4 Å². The van der Waals surface area contributed by atoms with Crippen LogP contribution in [0.3, 0.4) is 0 Å². The third-order valence-corrected chi connectivity index (χ3v) is 3.12. The van der Waals surface area contributed by atoms with E-state index < -0.39 is 0 Å². The van der Waals surface area contributed by atoms with Crippen molar-refractivity contribution in [1.82, 2.24) is 5.32 Å². The van der Waals surface area contributed by atoms with Crippen LogP contribution >= 0.6 is 0 Å². The molecule has 0 aromatic heterocycles. The van der Waals surface area contributed by atoms with Crippen molar-refractivity contribution >= 4 is 0 Å². The molecule has 0 fully saturated rings. The summed E-state index contributed by atoms with van der Waals surface area (Å²) < 4.78 is 5.71. The number of likely N-dealkylation sites (N-methyl/N-ethyl adjacent to an activating group) is 1. The van der Waals surface area contributed by atoms with Gasteiger partial charge in [0, 0.05) is 6.54 Å². The summed E-state index contributed by atoms with van der Waals surface area (Å²) >= 11 is 0. The quantitative estimate of drug-likeness (QED) is 0.768. The van der Waals surface area contributed by atoms with Crippen LogP contribution < -0.4 is 10.1 Å². The van der Waals surface area contributed by atoms with Gasteiger partial charge in [0.2, 0.25) is 0 Å². The molecule has 2 nitrogen and oxygen atoms in total. The highest BCUT2D eigenvalue weighted by atomic mass is 16.5. The zero-order valence-electron chi connectivity index (χ0n) is 10.1. The molecule has 16 heavy (non-hydrogen) atoms. The number of ether oxygens (including phenoxy) is 1. The minimum atomic E-state index is 0.757. The highest BCUT2D eigenvalue weighted by molar-refractivity contribution is 5.37. The molecule has 1 aromatic rings. The van der Waals surface area contributed by atoms with Gasteiger partial charge in [-0.05, 0) is 55.5 Å². The normalized spacial score (nSPS) is 14.6. The topological polar surface area (TPSA) is 21.3 Å². The summed E-state index contributed by atoms with van der Waals surface area (Å²) in [5.74, 6) is 1.03. The average molecular weight is 219 g/mol. The predicted octanol–water partition coefficient (Wildman–Crippen LogP) is 2.55.